The Kier molecular flexibility index (Phi) is 8.04. The molecule has 0 fully saturated rings. The standard InChI is InChI=1S/C18H16Cl4N2O2/c19-11-3-5-13(15(21)9-11)17(25)23-7-1-2-8-24-18(26)14-6-4-12(20)10-16(14)22/h3-6,9-10H,1-2,7-8H2,(H,23,25)(H,24,26). The number of nitrogens with one attached hydrogen (secondary N) is 2. The molecule has 0 bridgehead atoms. The van der Waals surface area contributed by atoms with E-state index in [0.29, 0.717) is 57.1 Å². The molecule has 0 aliphatic heterocycles. The molecule has 0 heterocycles. The lowest BCUT2D eigenvalue weighted by molar-refractivity contribution is 0.0939. The van der Waals surface area contributed by atoms with Crippen molar-refractivity contribution in [3.05, 3.63) is 67.6 Å². The maximum atomic E-state index is 12.0. The smallest absolute Gasteiger partial charge is 0.252 e. The van der Waals surface area contributed by atoms with Crippen LogP contribution >= 0.6 is 46.4 Å². The van der Waals surface area contributed by atoms with E-state index in [1.807, 2.05) is 0 Å². The number of carbonyl (C=O) groups is 2. The SMILES string of the molecule is O=C(NCCCCNC(=O)c1ccc(Cl)cc1Cl)c1ccc(Cl)cc1Cl. The number of hydrogen-bond acceptors (Lipinski definition) is 2. The Labute approximate surface area is 171 Å². The number of amides is 2. The average Bonchev–Trinajstić information content (AvgIpc) is 2.57. The van der Waals surface area contributed by atoms with Gasteiger partial charge in [0.15, 0.2) is 0 Å². The van der Waals surface area contributed by atoms with Crippen molar-refractivity contribution in [2.75, 3.05) is 13.1 Å². The molecule has 2 aromatic rings. The second-order valence-electron chi connectivity index (χ2n) is 5.47. The van der Waals surface area contributed by atoms with E-state index in [2.05, 4.69) is 10.6 Å². The highest BCUT2D eigenvalue weighted by Gasteiger charge is 2.11. The first kappa shape index (κ1) is 20.8. The van der Waals surface area contributed by atoms with Crippen LogP contribution in [0.25, 0.3) is 0 Å². The largest absolute Gasteiger partial charge is 0.352 e. The van der Waals surface area contributed by atoms with Crippen LogP contribution in [0, 0.1) is 0 Å². The van der Waals surface area contributed by atoms with Crippen molar-refractivity contribution >= 4 is 58.2 Å². The van der Waals surface area contributed by atoms with Crippen LogP contribution in [0.3, 0.4) is 0 Å². The van der Waals surface area contributed by atoms with Crippen LogP contribution < -0.4 is 10.6 Å². The Morgan fingerprint density at radius 1 is 0.692 bits per heavy atom. The molecule has 0 atom stereocenters. The van der Waals surface area contributed by atoms with Crippen molar-refractivity contribution in [2.45, 2.75) is 12.8 Å². The minimum atomic E-state index is -0.261. The second kappa shape index (κ2) is 10.0. The van der Waals surface area contributed by atoms with Crippen LogP contribution in [0.2, 0.25) is 20.1 Å². The topological polar surface area (TPSA) is 58.2 Å². The summed E-state index contributed by atoms with van der Waals surface area (Å²) in [6, 6.07) is 9.43. The lowest BCUT2D eigenvalue weighted by Crippen LogP contribution is -2.27. The average molecular weight is 434 g/mol. The first-order valence-corrected chi connectivity index (χ1v) is 9.36. The molecular formula is C18H16Cl4N2O2. The number of rotatable bonds is 7. The van der Waals surface area contributed by atoms with E-state index in [1.165, 1.54) is 12.1 Å². The lowest BCUT2D eigenvalue weighted by atomic mass is 10.2. The third kappa shape index (κ3) is 6.06. The van der Waals surface area contributed by atoms with E-state index in [1.54, 1.807) is 24.3 Å². The lowest BCUT2D eigenvalue weighted by Gasteiger charge is -2.09. The number of halogens is 4. The molecule has 0 saturated carbocycles. The van der Waals surface area contributed by atoms with Crippen molar-refractivity contribution in [3.8, 4) is 0 Å². The number of unbranched alkanes of at least 4 members (excludes halogenated alkanes) is 1. The molecule has 0 aliphatic rings. The van der Waals surface area contributed by atoms with Crippen molar-refractivity contribution in [3.63, 3.8) is 0 Å². The molecular weight excluding hydrogens is 418 g/mol. The molecule has 0 aromatic heterocycles. The molecule has 0 unspecified atom stereocenters. The summed E-state index contributed by atoms with van der Waals surface area (Å²) in [4.78, 5) is 24.1. The van der Waals surface area contributed by atoms with Gasteiger partial charge in [-0.15, -0.1) is 0 Å². The van der Waals surface area contributed by atoms with E-state index < -0.39 is 0 Å². The van der Waals surface area contributed by atoms with Gasteiger partial charge < -0.3 is 10.6 Å². The highest BCUT2D eigenvalue weighted by Crippen LogP contribution is 2.21. The van der Waals surface area contributed by atoms with Gasteiger partial charge in [0.05, 0.1) is 21.2 Å². The fourth-order valence-corrected chi connectivity index (χ4v) is 3.18. The minimum absolute atomic E-state index is 0.261. The molecule has 138 valence electrons. The van der Waals surface area contributed by atoms with Crippen LogP contribution in [-0.2, 0) is 0 Å². The molecule has 26 heavy (non-hydrogen) atoms. The Hall–Kier alpha value is -1.46. The van der Waals surface area contributed by atoms with Gasteiger partial charge in [0, 0.05) is 23.1 Å². The predicted octanol–water partition coefficient (Wildman–Crippen LogP) is 5.24. The van der Waals surface area contributed by atoms with Crippen molar-refractivity contribution < 1.29 is 9.59 Å². The Morgan fingerprint density at radius 2 is 1.08 bits per heavy atom. The van der Waals surface area contributed by atoms with E-state index in [4.69, 9.17) is 46.4 Å². The van der Waals surface area contributed by atoms with Gasteiger partial charge in [0.2, 0.25) is 0 Å². The van der Waals surface area contributed by atoms with Gasteiger partial charge in [-0.1, -0.05) is 46.4 Å². The summed E-state index contributed by atoms with van der Waals surface area (Å²) in [7, 11) is 0. The number of benzene rings is 2. The highest BCUT2D eigenvalue weighted by molar-refractivity contribution is 6.37. The molecule has 2 rings (SSSR count). The van der Waals surface area contributed by atoms with Gasteiger partial charge in [-0.25, -0.2) is 0 Å². The summed E-state index contributed by atoms with van der Waals surface area (Å²) in [5.74, 6) is -0.521. The molecule has 2 amide bonds. The third-order valence-corrected chi connectivity index (χ3v) is 4.62. The zero-order valence-electron chi connectivity index (χ0n) is 13.6. The summed E-state index contributed by atoms with van der Waals surface area (Å²) < 4.78 is 0. The van der Waals surface area contributed by atoms with Gasteiger partial charge in [0.25, 0.3) is 11.8 Å². The molecule has 0 aliphatic carbocycles. The highest BCUT2D eigenvalue weighted by atomic mass is 35.5. The molecule has 2 aromatic carbocycles. The molecule has 0 spiro atoms. The quantitative estimate of drug-likeness (QED) is 0.586. The van der Waals surface area contributed by atoms with Gasteiger partial charge in [-0.3, -0.25) is 9.59 Å². The zero-order chi connectivity index (χ0) is 19.1. The first-order chi connectivity index (χ1) is 12.4. The summed E-state index contributed by atoms with van der Waals surface area (Å²) in [5.41, 5.74) is 0.753. The van der Waals surface area contributed by atoms with Crippen LogP contribution in [-0.4, -0.2) is 24.9 Å². The first-order valence-electron chi connectivity index (χ1n) is 7.85. The van der Waals surface area contributed by atoms with E-state index in [-0.39, 0.29) is 11.8 Å². The van der Waals surface area contributed by atoms with Crippen LogP contribution in [0.1, 0.15) is 33.6 Å². The molecule has 8 heteroatoms. The Morgan fingerprint density at radius 3 is 1.42 bits per heavy atom. The zero-order valence-corrected chi connectivity index (χ0v) is 16.6. The summed E-state index contributed by atoms with van der Waals surface area (Å²) in [6.07, 6.45) is 1.40. The molecule has 4 nitrogen and oxygen atoms in total. The summed E-state index contributed by atoms with van der Waals surface area (Å²) in [6.45, 7) is 0.935. The van der Waals surface area contributed by atoms with Gasteiger partial charge >= 0.3 is 0 Å². The maximum absolute atomic E-state index is 12.0. The van der Waals surface area contributed by atoms with Crippen molar-refractivity contribution in [1.82, 2.24) is 10.6 Å². The second-order valence-corrected chi connectivity index (χ2v) is 7.15. The molecule has 0 radical (unpaired) electrons. The van der Waals surface area contributed by atoms with E-state index >= 15 is 0 Å². The van der Waals surface area contributed by atoms with Crippen LogP contribution in [0.5, 0.6) is 0 Å². The fraction of sp³-hybridized carbons (Fsp3) is 0.222. The molecule has 0 saturated heterocycles. The minimum Gasteiger partial charge on any atom is -0.352 e. The predicted molar refractivity (Wildman–Crippen MR) is 107 cm³/mol. The maximum Gasteiger partial charge on any atom is 0.252 e. The Bertz CT molecular complexity index is 744. The summed E-state index contributed by atoms with van der Waals surface area (Å²) in [5, 5.41) is 7.12. The van der Waals surface area contributed by atoms with Crippen molar-refractivity contribution in [1.29, 1.82) is 0 Å². The number of hydrogen-bond donors (Lipinski definition) is 2. The van der Waals surface area contributed by atoms with Gasteiger partial charge in [-0.2, -0.15) is 0 Å². The van der Waals surface area contributed by atoms with Gasteiger partial charge in [-0.05, 0) is 49.2 Å². The van der Waals surface area contributed by atoms with Gasteiger partial charge in [0.1, 0.15) is 0 Å². The molecule has 2 N–H and O–H groups in total. The van der Waals surface area contributed by atoms with E-state index in [9.17, 15) is 9.59 Å². The third-order valence-electron chi connectivity index (χ3n) is 3.53. The normalized spacial score (nSPS) is 10.5. The fourth-order valence-electron chi connectivity index (χ4n) is 2.19. The van der Waals surface area contributed by atoms with E-state index in [0.717, 1.165) is 0 Å². The van der Waals surface area contributed by atoms with Crippen LogP contribution in [0.4, 0.5) is 0 Å². The summed E-state index contributed by atoms with van der Waals surface area (Å²) >= 11 is 23.6. The monoisotopic (exact) mass is 432 g/mol. The number of carbonyl (C=O) groups excluding carboxylic acids is 2. The Balaban J connectivity index is 1.69. The van der Waals surface area contributed by atoms with Crippen LogP contribution in [0.15, 0.2) is 36.4 Å². The van der Waals surface area contributed by atoms with Crippen molar-refractivity contribution in [2.24, 2.45) is 0 Å².